The molecule has 0 fully saturated rings. The summed E-state index contributed by atoms with van der Waals surface area (Å²) in [6.07, 6.45) is -8.70. The first-order chi connectivity index (χ1) is 11.1. The largest absolute Gasteiger partial charge is 0.453 e. The van der Waals surface area contributed by atoms with E-state index in [2.05, 4.69) is 25.3 Å². The first-order valence-corrected chi connectivity index (χ1v) is 6.62. The van der Waals surface area contributed by atoms with Crippen LogP contribution in [-0.4, -0.2) is 34.5 Å². The van der Waals surface area contributed by atoms with Crippen LogP contribution < -0.4 is 5.84 Å². The standard InChI is InChI=1S/C9H4F6N8S/c10-8(11,12)3-1-4(23-6(19-3)17-2-18-23)24-7-21-20-5(22(7)16)9(13,14)15/h1-2H,16H2. The maximum Gasteiger partial charge on any atom is 0.453 e. The van der Waals surface area contributed by atoms with E-state index in [1.165, 1.54) is 0 Å². The fourth-order valence-electron chi connectivity index (χ4n) is 1.64. The molecule has 3 rings (SSSR count). The third-order valence-electron chi connectivity index (χ3n) is 2.62. The van der Waals surface area contributed by atoms with Gasteiger partial charge < -0.3 is 5.84 Å². The van der Waals surface area contributed by atoms with Crippen LogP contribution in [0.25, 0.3) is 5.78 Å². The maximum absolute atomic E-state index is 12.8. The maximum atomic E-state index is 12.8. The van der Waals surface area contributed by atoms with E-state index in [1.807, 2.05) is 0 Å². The molecule has 8 nitrogen and oxygen atoms in total. The summed E-state index contributed by atoms with van der Waals surface area (Å²) < 4.78 is 77.4. The Bertz CT molecular complexity index is 896. The second-order valence-electron chi connectivity index (χ2n) is 4.23. The van der Waals surface area contributed by atoms with Crippen molar-refractivity contribution in [2.24, 2.45) is 0 Å². The lowest BCUT2D eigenvalue weighted by Crippen LogP contribution is -2.21. The number of aromatic nitrogens is 7. The molecule has 3 aromatic heterocycles. The summed E-state index contributed by atoms with van der Waals surface area (Å²) >= 11 is 0.400. The monoisotopic (exact) mass is 370 g/mol. The quantitative estimate of drug-likeness (QED) is 0.416. The Morgan fingerprint density at radius 1 is 1.04 bits per heavy atom. The van der Waals surface area contributed by atoms with Crippen molar-refractivity contribution >= 4 is 17.5 Å². The lowest BCUT2D eigenvalue weighted by atomic mass is 10.4. The molecule has 0 spiro atoms. The third kappa shape index (κ3) is 2.81. The number of fused-ring (bicyclic) bond motifs is 1. The number of hydrogen-bond donors (Lipinski definition) is 1. The van der Waals surface area contributed by atoms with Gasteiger partial charge in [-0.2, -0.15) is 40.9 Å². The molecule has 24 heavy (non-hydrogen) atoms. The van der Waals surface area contributed by atoms with Crippen LogP contribution in [0.1, 0.15) is 11.5 Å². The van der Waals surface area contributed by atoms with Gasteiger partial charge in [-0.25, -0.2) is 9.66 Å². The Kier molecular flexibility index (Phi) is 3.54. The van der Waals surface area contributed by atoms with E-state index < -0.39 is 29.0 Å². The van der Waals surface area contributed by atoms with Gasteiger partial charge in [0, 0.05) is 6.07 Å². The summed E-state index contributed by atoms with van der Waals surface area (Å²) in [6, 6.07) is 0.592. The van der Waals surface area contributed by atoms with Gasteiger partial charge in [-0.1, -0.05) is 0 Å². The van der Waals surface area contributed by atoms with Crippen LogP contribution >= 0.6 is 11.8 Å². The SMILES string of the molecule is Nn1c(Sc2cc(C(F)(F)F)nc3ncnn23)nnc1C(F)(F)F. The van der Waals surface area contributed by atoms with Crippen molar-refractivity contribution in [3.8, 4) is 0 Å². The van der Waals surface area contributed by atoms with Crippen molar-refractivity contribution in [1.29, 1.82) is 0 Å². The summed E-state index contributed by atoms with van der Waals surface area (Å²) in [4.78, 5) is 6.81. The number of halogens is 6. The van der Waals surface area contributed by atoms with Crippen LogP contribution in [0, 0.1) is 0 Å². The number of nitrogens with zero attached hydrogens (tertiary/aromatic N) is 7. The Labute approximate surface area is 131 Å². The zero-order valence-electron chi connectivity index (χ0n) is 11.0. The molecule has 3 heterocycles. The molecule has 0 unspecified atom stereocenters. The van der Waals surface area contributed by atoms with E-state index in [-0.39, 0.29) is 15.5 Å². The molecule has 0 atom stereocenters. The van der Waals surface area contributed by atoms with Gasteiger partial charge in [-0.15, -0.1) is 10.2 Å². The third-order valence-corrected chi connectivity index (χ3v) is 3.58. The molecule has 0 aliphatic carbocycles. The molecule has 3 aromatic rings. The molecule has 15 heteroatoms. The Morgan fingerprint density at radius 3 is 2.33 bits per heavy atom. The lowest BCUT2D eigenvalue weighted by molar-refractivity contribution is -0.146. The Balaban J connectivity index is 2.07. The number of nitrogens with two attached hydrogens (primary N) is 1. The second kappa shape index (κ2) is 5.22. The summed E-state index contributed by atoms with van der Waals surface area (Å²) in [5.41, 5.74) is -1.29. The van der Waals surface area contributed by atoms with Crippen molar-refractivity contribution < 1.29 is 26.3 Å². The highest BCUT2D eigenvalue weighted by atomic mass is 32.2. The summed E-state index contributed by atoms with van der Waals surface area (Å²) in [5.74, 6) is 3.37. The second-order valence-corrected chi connectivity index (χ2v) is 5.21. The van der Waals surface area contributed by atoms with Gasteiger partial charge in [0.15, 0.2) is 5.69 Å². The minimum Gasteiger partial charge on any atom is -0.335 e. The Hall–Kier alpha value is -2.58. The van der Waals surface area contributed by atoms with Gasteiger partial charge in [0.25, 0.3) is 11.6 Å². The van der Waals surface area contributed by atoms with E-state index in [9.17, 15) is 26.3 Å². The highest BCUT2D eigenvalue weighted by molar-refractivity contribution is 7.99. The highest BCUT2D eigenvalue weighted by Gasteiger charge is 2.39. The van der Waals surface area contributed by atoms with E-state index in [1.54, 1.807) is 0 Å². The van der Waals surface area contributed by atoms with E-state index in [4.69, 9.17) is 5.84 Å². The fourth-order valence-corrected chi connectivity index (χ4v) is 2.48. The average Bonchev–Trinajstić information content (AvgIpc) is 3.04. The molecule has 0 aromatic carbocycles. The molecule has 0 bridgehead atoms. The van der Waals surface area contributed by atoms with Crippen molar-refractivity contribution in [1.82, 2.24) is 34.5 Å². The first kappa shape index (κ1) is 16.3. The van der Waals surface area contributed by atoms with Crippen LogP contribution in [0.5, 0.6) is 0 Å². The Morgan fingerprint density at radius 2 is 1.75 bits per heavy atom. The van der Waals surface area contributed by atoms with Crippen LogP contribution in [0.2, 0.25) is 0 Å². The molecule has 0 amide bonds. The van der Waals surface area contributed by atoms with Gasteiger partial charge in [-0.3, -0.25) is 0 Å². The molecular weight excluding hydrogens is 366 g/mol. The van der Waals surface area contributed by atoms with Crippen LogP contribution in [0.4, 0.5) is 26.3 Å². The van der Waals surface area contributed by atoms with E-state index in [0.717, 1.165) is 10.8 Å². The van der Waals surface area contributed by atoms with Gasteiger partial charge in [0.2, 0.25) is 5.16 Å². The van der Waals surface area contributed by atoms with Crippen molar-refractivity contribution in [3.05, 3.63) is 23.9 Å². The molecule has 0 saturated carbocycles. The molecule has 128 valence electrons. The van der Waals surface area contributed by atoms with Gasteiger partial charge >= 0.3 is 12.4 Å². The fraction of sp³-hybridized carbons (Fsp3) is 0.222. The van der Waals surface area contributed by atoms with Crippen LogP contribution in [0.3, 0.4) is 0 Å². The number of alkyl halides is 6. The normalized spacial score (nSPS) is 12.9. The van der Waals surface area contributed by atoms with E-state index >= 15 is 0 Å². The summed E-state index contributed by atoms with van der Waals surface area (Å²) in [7, 11) is 0. The van der Waals surface area contributed by atoms with Gasteiger partial charge in [0.05, 0.1) is 0 Å². The molecule has 0 aliphatic rings. The van der Waals surface area contributed by atoms with Crippen LogP contribution in [0.15, 0.2) is 22.6 Å². The first-order valence-electron chi connectivity index (χ1n) is 5.81. The zero-order valence-corrected chi connectivity index (χ0v) is 11.9. The topological polar surface area (TPSA) is 99.8 Å². The van der Waals surface area contributed by atoms with Gasteiger partial charge in [-0.05, 0) is 11.8 Å². The van der Waals surface area contributed by atoms with Gasteiger partial charge in [0.1, 0.15) is 11.4 Å². The lowest BCUT2D eigenvalue weighted by Gasteiger charge is -2.09. The van der Waals surface area contributed by atoms with Crippen molar-refractivity contribution in [3.63, 3.8) is 0 Å². The van der Waals surface area contributed by atoms with Crippen LogP contribution in [-0.2, 0) is 12.4 Å². The van der Waals surface area contributed by atoms with Crippen molar-refractivity contribution in [2.45, 2.75) is 22.5 Å². The van der Waals surface area contributed by atoms with E-state index in [0.29, 0.717) is 17.8 Å². The van der Waals surface area contributed by atoms with Crippen molar-refractivity contribution in [2.75, 3.05) is 5.84 Å². The zero-order chi connectivity index (χ0) is 17.7. The molecule has 0 saturated heterocycles. The average molecular weight is 370 g/mol. The minimum absolute atomic E-state index is 0.126. The smallest absolute Gasteiger partial charge is 0.335 e. The molecule has 0 radical (unpaired) electrons. The summed E-state index contributed by atoms with van der Waals surface area (Å²) in [6.45, 7) is 0. The number of rotatable bonds is 2. The minimum atomic E-state index is -4.86. The summed E-state index contributed by atoms with van der Waals surface area (Å²) in [5, 5.41) is 9.04. The number of nitrogen functional groups attached to an aromatic ring is 1. The predicted molar refractivity (Wildman–Crippen MR) is 65.1 cm³/mol. The molecule has 0 aliphatic heterocycles. The predicted octanol–water partition coefficient (Wildman–Crippen LogP) is 1.62. The molecule has 2 N–H and O–H groups in total. The number of hydrogen-bond acceptors (Lipinski definition) is 7. The molecular formula is C9H4F6N8S. The highest BCUT2D eigenvalue weighted by Crippen LogP contribution is 2.34.